The SMILES string of the molecule is CCCOC(CC1C2CC(C(C)C2C)C1CC(OCCC)(C(F)(F)F)C(F)(F)F)(C(F)(F)F)C(F)(F)F. The number of alkyl halides is 12. The van der Waals surface area contributed by atoms with E-state index in [9.17, 15) is 52.7 Å². The van der Waals surface area contributed by atoms with Crippen molar-refractivity contribution in [3.8, 4) is 0 Å². The lowest BCUT2D eigenvalue weighted by molar-refractivity contribution is -0.394. The summed E-state index contributed by atoms with van der Waals surface area (Å²) in [7, 11) is 0. The predicted molar refractivity (Wildman–Crippen MR) is 108 cm³/mol. The lowest BCUT2D eigenvalue weighted by Gasteiger charge is -2.47. The zero-order valence-corrected chi connectivity index (χ0v) is 20.8. The second kappa shape index (κ2) is 10.6. The quantitative estimate of drug-likeness (QED) is 0.246. The molecule has 0 amide bonds. The highest BCUT2D eigenvalue weighted by molar-refractivity contribution is 5.11. The molecule has 2 rings (SSSR count). The lowest BCUT2D eigenvalue weighted by atomic mass is 9.63. The number of rotatable bonds is 10. The van der Waals surface area contributed by atoms with Gasteiger partial charge in [0.15, 0.2) is 0 Å². The number of halogens is 12. The minimum absolute atomic E-state index is 0.0726. The predicted octanol–water partition coefficient (Wildman–Crippen LogP) is 8.50. The van der Waals surface area contributed by atoms with Gasteiger partial charge in [-0.05, 0) is 67.6 Å². The summed E-state index contributed by atoms with van der Waals surface area (Å²) in [5, 5.41) is 0. The summed E-state index contributed by atoms with van der Waals surface area (Å²) >= 11 is 0. The summed E-state index contributed by atoms with van der Waals surface area (Å²) in [4.78, 5) is 0. The molecule has 0 radical (unpaired) electrons. The molecule has 2 saturated carbocycles. The van der Waals surface area contributed by atoms with Crippen LogP contribution in [0.2, 0.25) is 0 Å². The van der Waals surface area contributed by atoms with E-state index in [1.54, 1.807) is 13.8 Å². The minimum Gasteiger partial charge on any atom is -0.358 e. The number of hydrogen-bond acceptors (Lipinski definition) is 2. The maximum atomic E-state index is 14.0. The molecule has 2 bridgehead atoms. The summed E-state index contributed by atoms with van der Waals surface area (Å²) in [5.74, 6) is -6.40. The highest BCUT2D eigenvalue weighted by Gasteiger charge is 2.77. The summed E-state index contributed by atoms with van der Waals surface area (Å²) in [6, 6.07) is 0. The van der Waals surface area contributed by atoms with Crippen LogP contribution in [0.4, 0.5) is 52.7 Å². The zero-order chi connectivity index (χ0) is 28.8. The van der Waals surface area contributed by atoms with Gasteiger partial charge in [-0.3, -0.25) is 0 Å². The van der Waals surface area contributed by atoms with Gasteiger partial charge in [-0.25, -0.2) is 0 Å². The monoisotopic (exact) mass is 568 g/mol. The molecular formula is C23H32F12O2. The molecule has 0 N–H and O–H groups in total. The molecule has 2 nitrogen and oxygen atoms in total. The van der Waals surface area contributed by atoms with Crippen molar-refractivity contribution in [1.29, 1.82) is 0 Å². The molecule has 0 aromatic carbocycles. The first kappa shape index (κ1) is 32.3. The maximum Gasteiger partial charge on any atom is 0.426 e. The molecule has 0 spiro atoms. The first-order chi connectivity index (χ1) is 16.6. The Morgan fingerprint density at radius 3 is 1.03 bits per heavy atom. The normalized spacial score (nSPS) is 29.8. The van der Waals surface area contributed by atoms with E-state index in [4.69, 9.17) is 0 Å². The van der Waals surface area contributed by atoms with Crippen molar-refractivity contribution in [1.82, 2.24) is 0 Å². The standard InChI is InChI=1S/C23H32F12O2/c1-5-7-36-18(20(24,25)26,21(27,28)29)10-16-14-9-15(13(4)12(14)3)17(16)11-19(22(30,31)32,23(33,34)35)37-8-6-2/h12-17H,5-11H2,1-4H3. The second-order valence-electron chi connectivity index (χ2n) is 10.4. The van der Waals surface area contributed by atoms with Crippen LogP contribution < -0.4 is 0 Å². The van der Waals surface area contributed by atoms with Crippen molar-refractivity contribution >= 4 is 0 Å². The van der Waals surface area contributed by atoms with E-state index in [2.05, 4.69) is 9.47 Å². The van der Waals surface area contributed by atoms with E-state index >= 15 is 0 Å². The van der Waals surface area contributed by atoms with E-state index < -0.39 is 97.5 Å². The average molecular weight is 568 g/mol. The van der Waals surface area contributed by atoms with Crippen molar-refractivity contribution in [2.24, 2.45) is 35.5 Å². The van der Waals surface area contributed by atoms with Crippen LogP contribution in [0.15, 0.2) is 0 Å². The Balaban J connectivity index is 2.66. The fraction of sp³-hybridized carbons (Fsp3) is 1.00. The molecule has 0 saturated heterocycles. The fourth-order valence-electron chi connectivity index (χ4n) is 6.34. The van der Waals surface area contributed by atoms with Crippen LogP contribution in [0.3, 0.4) is 0 Å². The first-order valence-corrected chi connectivity index (χ1v) is 12.2. The van der Waals surface area contributed by atoms with Gasteiger partial charge < -0.3 is 9.47 Å². The highest BCUT2D eigenvalue weighted by atomic mass is 19.4. The third-order valence-electron chi connectivity index (χ3n) is 8.36. The van der Waals surface area contributed by atoms with Gasteiger partial charge in [0.2, 0.25) is 0 Å². The average Bonchev–Trinajstić information content (AvgIpc) is 3.20. The summed E-state index contributed by atoms with van der Waals surface area (Å²) < 4.78 is 177. The summed E-state index contributed by atoms with van der Waals surface area (Å²) in [6.45, 7) is 3.73. The molecule has 0 heterocycles. The largest absolute Gasteiger partial charge is 0.426 e. The molecule has 0 aromatic heterocycles. The van der Waals surface area contributed by atoms with Crippen LogP contribution in [0.5, 0.6) is 0 Å². The third kappa shape index (κ3) is 5.56. The minimum atomic E-state index is -6.01. The molecule has 0 aromatic rings. The highest BCUT2D eigenvalue weighted by Crippen LogP contribution is 2.65. The molecule has 37 heavy (non-hydrogen) atoms. The van der Waals surface area contributed by atoms with Crippen molar-refractivity contribution < 1.29 is 62.2 Å². The molecule has 14 heteroatoms. The Kier molecular flexibility index (Phi) is 9.23. The van der Waals surface area contributed by atoms with E-state index in [0.717, 1.165) is 0 Å². The van der Waals surface area contributed by atoms with Gasteiger partial charge in [-0.15, -0.1) is 0 Å². The van der Waals surface area contributed by atoms with Gasteiger partial charge >= 0.3 is 24.7 Å². The maximum absolute atomic E-state index is 14.0. The van der Waals surface area contributed by atoms with Gasteiger partial charge in [0.25, 0.3) is 11.2 Å². The summed E-state index contributed by atoms with van der Waals surface area (Å²) in [6.07, 6.45) is -28.2. The van der Waals surface area contributed by atoms with Crippen LogP contribution in [-0.2, 0) is 9.47 Å². The van der Waals surface area contributed by atoms with Gasteiger partial charge in [-0.1, -0.05) is 27.7 Å². The Bertz CT molecular complexity index is 665. The molecule has 220 valence electrons. The van der Waals surface area contributed by atoms with Gasteiger partial charge in [-0.2, -0.15) is 52.7 Å². The number of ether oxygens (including phenoxy) is 2. The third-order valence-corrected chi connectivity index (χ3v) is 8.36. The van der Waals surface area contributed by atoms with Crippen LogP contribution in [0, 0.1) is 35.5 Å². The van der Waals surface area contributed by atoms with Crippen LogP contribution in [0.1, 0.15) is 59.8 Å². The molecular weight excluding hydrogens is 536 g/mol. The second-order valence-corrected chi connectivity index (χ2v) is 10.4. The zero-order valence-electron chi connectivity index (χ0n) is 20.8. The topological polar surface area (TPSA) is 18.5 Å². The molecule has 2 fully saturated rings. The number of fused-ring (bicyclic) bond motifs is 2. The molecule has 2 aliphatic rings. The Hall–Kier alpha value is -0.920. The molecule has 2 aliphatic carbocycles. The van der Waals surface area contributed by atoms with Crippen molar-refractivity contribution in [3.63, 3.8) is 0 Å². The first-order valence-electron chi connectivity index (χ1n) is 12.2. The van der Waals surface area contributed by atoms with Crippen molar-refractivity contribution in [3.05, 3.63) is 0 Å². The van der Waals surface area contributed by atoms with Crippen molar-refractivity contribution in [2.75, 3.05) is 13.2 Å². The van der Waals surface area contributed by atoms with Crippen LogP contribution in [-0.4, -0.2) is 49.1 Å². The molecule has 6 atom stereocenters. The van der Waals surface area contributed by atoms with Crippen LogP contribution in [0.25, 0.3) is 0 Å². The van der Waals surface area contributed by atoms with Gasteiger partial charge in [0.05, 0.1) is 0 Å². The Morgan fingerprint density at radius 1 is 0.541 bits per heavy atom. The molecule has 6 unspecified atom stereocenters. The van der Waals surface area contributed by atoms with Gasteiger partial charge in [0, 0.05) is 13.2 Å². The van der Waals surface area contributed by atoms with E-state index in [0.29, 0.717) is 0 Å². The summed E-state index contributed by atoms with van der Waals surface area (Å²) in [5.41, 5.74) is -9.45. The fourth-order valence-corrected chi connectivity index (χ4v) is 6.34. The van der Waals surface area contributed by atoms with Crippen LogP contribution >= 0.6 is 0 Å². The molecule has 0 aliphatic heterocycles. The Morgan fingerprint density at radius 2 is 0.811 bits per heavy atom. The van der Waals surface area contributed by atoms with E-state index in [1.807, 2.05) is 0 Å². The Labute approximate surface area is 207 Å². The van der Waals surface area contributed by atoms with Crippen molar-refractivity contribution in [2.45, 2.75) is 95.7 Å². The van der Waals surface area contributed by atoms with E-state index in [1.165, 1.54) is 13.8 Å². The lowest BCUT2D eigenvalue weighted by Crippen LogP contribution is -2.62. The van der Waals surface area contributed by atoms with E-state index in [-0.39, 0.29) is 19.3 Å². The van der Waals surface area contributed by atoms with Gasteiger partial charge in [0.1, 0.15) is 0 Å². The smallest absolute Gasteiger partial charge is 0.358 e. The number of hydrogen-bond donors (Lipinski definition) is 0.